The lowest BCUT2D eigenvalue weighted by atomic mass is 10.2. The molecule has 0 aliphatic carbocycles. The number of rotatable bonds is 4. The summed E-state index contributed by atoms with van der Waals surface area (Å²) in [6.07, 6.45) is 0. The second kappa shape index (κ2) is 5.33. The van der Waals surface area contributed by atoms with Crippen molar-refractivity contribution in [3.8, 4) is 0 Å². The minimum atomic E-state index is 0.854. The Morgan fingerprint density at radius 3 is 2.82 bits per heavy atom. The van der Waals surface area contributed by atoms with Crippen molar-refractivity contribution in [1.29, 1.82) is 0 Å². The Morgan fingerprint density at radius 1 is 1.47 bits per heavy atom. The van der Waals surface area contributed by atoms with Gasteiger partial charge in [-0.25, -0.2) is 0 Å². The number of hydrogen-bond acceptors (Lipinski definition) is 3. The Balaban J connectivity index is 2.24. The van der Waals surface area contributed by atoms with Gasteiger partial charge < -0.3 is 5.32 Å². The van der Waals surface area contributed by atoms with Crippen LogP contribution in [0.4, 0.5) is 0 Å². The Kier molecular flexibility index (Phi) is 4.01. The average molecular weight is 314 g/mol. The molecule has 92 valence electrons. The van der Waals surface area contributed by atoms with Crippen molar-refractivity contribution in [3.05, 3.63) is 37.7 Å². The summed E-state index contributed by atoms with van der Waals surface area (Å²) in [5, 5.41) is 9.90. The monoisotopic (exact) mass is 313 g/mol. The zero-order valence-corrected chi connectivity index (χ0v) is 12.7. The van der Waals surface area contributed by atoms with Crippen molar-refractivity contribution in [3.63, 3.8) is 0 Å². The molecule has 0 radical (unpaired) electrons. The van der Waals surface area contributed by atoms with E-state index in [1.54, 1.807) is 11.3 Å². The van der Waals surface area contributed by atoms with Crippen LogP contribution in [0.3, 0.4) is 0 Å². The fraction of sp³-hybridized carbons (Fsp3) is 0.417. The first-order chi connectivity index (χ1) is 8.11. The quantitative estimate of drug-likeness (QED) is 0.940. The van der Waals surface area contributed by atoms with E-state index in [-0.39, 0.29) is 0 Å². The van der Waals surface area contributed by atoms with Crippen LogP contribution in [0, 0.1) is 13.8 Å². The smallest absolute Gasteiger partial charge is 0.0755 e. The molecular weight excluding hydrogens is 298 g/mol. The summed E-state index contributed by atoms with van der Waals surface area (Å²) in [5.74, 6) is 0. The molecule has 0 spiro atoms. The summed E-state index contributed by atoms with van der Waals surface area (Å²) >= 11 is 5.24. The molecule has 0 saturated carbocycles. The lowest BCUT2D eigenvalue weighted by Crippen LogP contribution is -2.08. The van der Waals surface area contributed by atoms with Gasteiger partial charge in [0.05, 0.1) is 12.2 Å². The fourth-order valence-electron chi connectivity index (χ4n) is 1.90. The molecule has 0 amide bonds. The number of hydrogen-bond donors (Lipinski definition) is 1. The van der Waals surface area contributed by atoms with Crippen LogP contribution in [0.2, 0.25) is 0 Å². The van der Waals surface area contributed by atoms with Crippen LogP contribution >= 0.6 is 27.3 Å². The molecule has 0 aromatic carbocycles. The third-order valence-electron chi connectivity index (χ3n) is 2.81. The summed E-state index contributed by atoms with van der Waals surface area (Å²) < 4.78 is 3.23. The van der Waals surface area contributed by atoms with Gasteiger partial charge in [-0.15, -0.1) is 11.3 Å². The fourth-order valence-corrected chi connectivity index (χ4v) is 3.34. The Hall–Kier alpha value is -0.650. The van der Waals surface area contributed by atoms with Crippen LogP contribution in [0.5, 0.6) is 0 Å². The molecule has 17 heavy (non-hydrogen) atoms. The summed E-state index contributed by atoms with van der Waals surface area (Å²) in [6.45, 7) is 5.94. The molecule has 0 aliphatic heterocycles. The molecule has 2 rings (SSSR count). The second-order valence-electron chi connectivity index (χ2n) is 4.07. The zero-order chi connectivity index (χ0) is 12.4. The van der Waals surface area contributed by atoms with Gasteiger partial charge in [0.25, 0.3) is 0 Å². The summed E-state index contributed by atoms with van der Waals surface area (Å²) in [4.78, 5) is 1.32. The topological polar surface area (TPSA) is 29.9 Å². The van der Waals surface area contributed by atoms with Gasteiger partial charge in [-0.2, -0.15) is 5.10 Å². The molecule has 2 aromatic rings. The van der Waals surface area contributed by atoms with Crippen molar-refractivity contribution in [2.24, 2.45) is 0 Å². The first kappa shape index (κ1) is 12.8. The zero-order valence-electron chi connectivity index (χ0n) is 10.2. The number of aromatic nitrogens is 2. The molecule has 0 fully saturated rings. The third-order valence-corrected chi connectivity index (χ3v) is 4.49. The molecule has 0 bridgehead atoms. The highest BCUT2D eigenvalue weighted by atomic mass is 79.9. The molecule has 3 nitrogen and oxygen atoms in total. The predicted octanol–water partition coefficient (Wildman–Crippen LogP) is 3.09. The van der Waals surface area contributed by atoms with Crippen LogP contribution in [-0.2, 0) is 13.1 Å². The van der Waals surface area contributed by atoms with Crippen LogP contribution in [0.1, 0.15) is 21.8 Å². The highest BCUT2D eigenvalue weighted by Gasteiger charge is 2.11. The van der Waals surface area contributed by atoms with Gasteiger partial charge in [-0.05, 0) is 42.9 Å². The van der Waals surface area contributed by atoms with Gasteiger partial charge >= 0.3 is 0 Å². The number of thiophene rings is 1. The minimum Gasteiger partial charge on any atom is -0.316 e. The van der Waals surface area contributed by atoms with Crippen molar-refractivity contribution in [1.82, 2.24) is 15.1 Å². The standard InChI is InChI=1S/C12H16BrN3S/c1-8-12(5-14-3)9(2)16(15-8)6-11-4-10(13)7-17-11/h4,7,14H,5-6H2,1-3H3. The average Bonchev–Trinajstić information content (AvgIpc) is 2.79. The van der Waals surface area contributed by atoms with Gasteiger partial charge in [0.15, 0.2) is 0 Å². The summed E-state index contributed by atoms with van der Waals surface area (Å²) in [6, 6.07) is 2.15. The van der Waals surface area contributed by atoms with Crippen LogP contribution in [0.25, 0.3) is 0 Å². The summed E-state index contributed by atoms with van der Waals surface area (Å²) in [5.41, 5.74) is 3.68. The molecular formula is C12H16BrN3S. The van der Waals surface area contributed by atoms with E-state index in [0.717, 1.165) is 23.3 Å². The highest BCUT2D eigenvalue weighted by Crippen LogP contribution is 2.22. The molecule has 0 unspecified atom stereocenters. The van der Waals surface area contributed by atoms with Gasteiger partial charge in [0.2, 0.25) is 0 Å². The Morgan fingerprint density at radius 2 is 2.24 bits per heavy atom. The van der Waals surface area contributed by atoms with E-state index in [4.69, 9.17) is 0 Å². The molecule has 2 heterocycles. The maximum absolute atomic E-state index is 4.60. The lowest BCUT2D eigenvalue weighted by Gasteiger charge is -2.03. The second-order valence-corrected chi connectivity index (χ2v) is 5.98. The summed E-state index contributed by atoms with van der Waals surface area (Å²) in [7, 11) is 1.96. The van der Waals surface area contributed by atoms with Crippen molar-refractivity contribution >= 4 is 27.3 Å². The SMILES string of the molecule is CNCc1c(C)nn(Cc2cc(Br)cs2)c1C. The van der Waals surface area contributed by atoms with E-state index in [9.17, 15) is 0 Å². The first-order valence-corrected chi connectivity index (χ1v) is 7.19. The maximum Gasteiger partial charge on any atom is 0.0755 e. The largest absolute Gasteiger partial charge is 0.316 e. The lowest BCUT2D eigenvalue weighted by molar-refractivity contribution is 0.663. The van der Waals surface area contributed by atoms with Crippen LogP contribution < -0.4 is 5.32 Å². The van der Waals surface area contributed by atoms with E-state index < -0.39 is 0 Å². The number of halogens is 1. The van der Waals surface area contributed by atoms with Crippen LogP contribution in [0.15, 0.2) is 15.9 Å². The molecule has 0 atom stereocenters. The third kappa shape index (κ3) is 2.78. The first-order valence-electron chi connectivity index (χ1n) is 5.52. The Bertz CT molecular complexity index is 516. The van der Waals surface area contributed by atoms with E-state index in [2.05, 4.69) is 56.3 Å². The molecule has 1 N–H and O–H groups in total. The minimum absolute atomic E-state index is 0.854. The predicted molar refractivity (Wildman–Crippen MR) is 75.6 cm³/mol. The normalized spacial score (nSPS) is 11.1. The maximum atomic E-state index is 4.60. The van der Waals surface area contributed by atoms with E-state index in [1.807, 2.05) is 7.05 Å². The number of nitrogens with one attached hydrogen (secondary N) is 1. The molecule has 5 heteroatoms. The van der Waals surface area contributed by atoms with E-state index in [1.165, 1.54) is 16.1 Å². The Labute approximate surface area is 114 Å². The molecule has 0 aliphatic rings. The van der Waals surface area contributed by atoms with Crippen molar-refractivity contribution in [2.45, 2.75) is 26.9 Å². The van der Waals surface area contributed by atoms with Crippen LogP contribution in [-0.4, -0.2) is 16.8 Å². The highest BCUT2D eigenvalue weighted by molar-refractivity contribution is 9.10. The van der Waals surface area contributed by atoms with Gasteiger partial charge in [-0.1, -0.05) is 0 Å². The van der Waals surface area contributed by atoms with E-state index in [0.29, 0.717) is 0 Å². The number of nitrogens with zero attached hydrogens (tertiary/aromatic N) is 2. The van der Waals surface area contributed by atoms with Crippen molar-refractivity contribution in [2.75, 3.05) is 7.05 Å². The molecule has 0 saturated heterocycles. The van der Waals surface area contributed by atoms with Gasteiger partial charge in [0, 0.05) is 32.5 Å². The number of aryl methyl sites for hydroxylation is 1. The van der Waals surface area contributed by atoms with E-state index >= 15 is 0 Å². The van der Waals surface area contributed by atoms with Crippen molar-refractivity contribution < 1.29 is 0 Å². The molecule has 2 aromatic heterocycles. The van der Waals surface area contributed by atoms with Gasteiger partial charge in [0.1, 0.15) is 0 Å². The van der Waals surface area contributed by atoms with Gasteiger partial charge in [-0.3, -0.25) is 4.68 Å².